The summed E-state index contributed by atoms with van der Waals surface area (Å²) in [6.07, 6.45) is 0.717. The van der Waals surface area contributed by atoms with Crippen LogP contribution < -0.4 is 25.9 Å². The predicted octanol–water partition coefficient (Wildman–Crippen LogP) is 0.907. The Morgan fingerprint density at radius 2 is 1.53 bits per heavy atom. The summed E-state index contributed by atoms with van der Waals surface area (Å²) in [5.74, 6) is 3.95. The molecular weight excluding hydrogens is 606 g/mol. The van der Waals surface area contributed by atoms with Gasteiger partial charge in [0, 0.05) is 12.5 Å². The maximum absolute atomic E-state index is 12.4. The van der Waals surface area contributed by atoms with E-state index in [-0.39, 0.29) is 27.1 Å². The number of hydrogen-bond donors (Lipinski definition) is 1. The highest BCUT2D eigenvalue weighted by Crippen LogP contribution is 2.20. The number of nitrogens with one attached hydrogen (secondary N) is 1. The Morgan fingerprint density at radius 1 is 1.00 bits per heavy atom. The van der Waals surface area contributed by atoms with Gasteiger partial charge in [0.25, 0.3) is 0 Å². The molecule has 0 aliphatic carbocycles. The van der Waals surface area contributed by atoms with E-state index < -0.39 is 25.6 Å². The molecule has 188 valence electrons. The molecule has 0 bridgehead atoms. The van der Waals surface area contributed by atoms with Gasteiger partial charge in [-0.3, -0.25) is 0 Å². The van der Waals surface area contributed by atoms with Crippen LogP contribution in [0.4, 0.5) is 13.2 Å². The van der Waals surface area contributed by atoms with E-state index >= 15 is 0 Å². The van der Waals surface area contributed by atoms with Crippen LogP contribution in [0.1, 0.15) is 25.8 Å². The molecule has 0 fully saturated rings. The minimum atomic E-state index is -6.09. The largest absolute Gasteiger partial charge is 0.741 e. The molecule has 2 rings (SSSR count). The zero-order valence-electron chi connectivity index (χ0n) is 18.6. The normalized spacial score (nSPS) is 12.8. The molecule has 34 heavy (non-hydrogen) atoms. The number of halogens is 4. The van der Waals surface area contributed by atoms with Crippen molar-refractivity contribution in [2.45, 2.75) is 37.6 Å². The summed E-state index contributed by atoms with van der Waals surface area (Å²) < 4.78 is 91.0. The maximum atomic E-state index is 12.4. The number of alkyl halides is 3. The topological polar surface area (TPSA) is 103 Å². The van der Waals surface area contributed by atoms with E-state index in [1.54, 1.807) is 12.1 Å². The Balaban J connectivity index is 0.000000620. The Hall–Kier alpha value is -1.66. The maximum Gasteiger partial charge on any atom is 0.485 e. The van der Waals surface area contributed by atoms with Crippen LogP contribution in [-0.2, 0) is 20.1 Å². The second-order valence-corrected chi connectivity index (χ2v) is 12.8. The first kappa shape index (κ1) is 30.4. The zero-order valence-corrected chi connectivity index (χ0v) is 22.4. The van der Waals surface area contributed by atoms with E-state index in [0.717, 1.165) is 5.56 Å². The van der Waals surface area contributed by atoms with Gasteiger partial charge in [0.1, 0.15) is 0 Å². The van der Waals surface area contributed by atoms with Crippen molar-refractivity contribution < 1.29 is 55.8 Å². The lowest BCUT2D eigenvalue weighted by atomic mass is 9.94. The van der Waals surface area contributed by atoms with Gasteiger partial charge in [-0.05, 0) is 49.4 Å². The number of hydrogen-bond acceptors (Lipinski definition) is 5. The molecule has 1 atom stereocenters. The summed E-state index contributed by atoms with van der Waals surface area (Å²) in [4.78, 5) is 0.310. The molecule has 0 heterocycles. The van der Waals surface area contributed by atoms with Crippen LogP contribution in [0.2, 0.25) is 0 Å². The van der Waals surface area contributed by atoms with E-state index in [4.69, 9.17) is 13.0 Å². The SMILES string of the molecule is Cc1ccc(S(=O)(=O)NCCC(C#C[I+]c2ccccc2)C(C)C)cc1.O=S(=O)([O-])C(F)(F)F. The van der Waals surface area contributed by atoms with E-state index in [2.05, 4.69) is 40.5 Å². The van der Waals surface area contributed by atoms with Gasteiger partial charge in [-0.15, -0.1) is 0 Å². The molecule has 0 radical (unpaired) electrons. The summed E-state index contributed by atoms with van der Waals surface area (Å²) in [7, 11) is -9.54. The molecule has 1 N–H and O–H groups in total. The first-order chi connectivity index (χ1) is 15.6. The molecule has 0 spiro atoms. The first-order valence-corrected chi connectivity index (χ1v) is 15.0. The smallest absolute Gasteiger partial charge is 0.485 e. The van der Waals surface area contributed by atoms with Gasteiger partial charge in [0.05, 0.1) is 4.90 Å². The van der Waals surface area contributed by atoms with E-state index in [1.807, 2.05) is 37.3 Å². The molecule has 2 aromatic rings. The summed E-state index contributed by atoms with van der Waals surface area (Å²) in [6.45, 7) is 6.61. The number of rotatable bonds is 7. The molecule has 0 saturated carbocycles. The van der Waals surface area contributed by atoms with Gasteiger partial charge in [-0.25, -0.2) is 21.6 Å². The molecule has 0 saturated heterocycles. The Kier molecular flexibility index (Phi) is 12.0. The minimum absolute atomic E-state index is 0.194. The van der Waals surface area contributed by atoms with Gasteiger partial charge in [-0.2, -0.15) is 13.2 Å². The molecule has 6 nitrogen and oxygen atoms in total. The summed E-state index contributed by atoms with van der Waals surface area (Å²) in [5, 5.41) is 0. The van der Waals surface area contributed by atoms with Crippen molar-refractivity contribution in [1.82, 2.24) is 4.72 Å². The lowest BCUT2D eigenvalue weighted by Gasteiger charge is -2.14. The molecular formula is C22H25F3INO5S2. The third kappa shape index (κ3) is 11.2. The molecule has 12 heteroatoms. The third-order valence-corrected chi connectivity index (χ3v) is 8.26. The summed E-state index contributed by atoms with van der Waals surface area (Å²) >= 11 is -0.311. The molecule has 0 aliphatic rings. The van der Waals surface area contributed by atoms with Crippen LogP contribution >= 0.6 is 0 Å². The fourth-order valence-electron chi connectivity index (χ4n) is 2.35. The lowest BCUT2D eigenvalue weighted by molar-refractivity contribution is -0.535. The lowest BCUT2D eigenvalue weighted by Crippen LogP contribution is -3.59. The van der Waals surface area contributed by atoms with Crippen molar-refractivity contribution in [1.29, 1.82) is 0 Å². The second kappa shape index (κ2) is 13.4. The first-order valence-electron chi connectivity index (χ1n) is 9.91. The van der Waals surface area contributed by atoms with E-state index in [9.17, 15) is 21.6 Å². The van der Waals surface area contributed by atoms with Crippen LogP contribution in [0.25, 0.3) is 0 Å². The summed E-state index contributed by atoms with van der Waals surface area (Å²) in [5.41, 5.74) is -4.60. The third-order valence-electron chi connectivity index (χ3n) is 4.30. The number of benzene rings is 2. The standard InChI is InChI=1S/C21H25INO2S.CHF3O3S/c1-17(2)19(13-15-22-20-7-5-4-6-8-20)14-16-23-26(24,25)21-11-9-18(3)10-12-21;2-1(3,4)8(5,6)7/h4-12,17,19,23H,14,16H2,1-3H3;(H,5,6,7)/q+1;/p-1. The van der Waals surface area contributed by atoms with Crippen molar-refractivity contribution in [2.75, 3.05) is 6.54 Å². The van der Waals surface area contributed by atoms with E-state index in [0.29, 0.717) is 23.8 Å². The van der Waals surface area contributed by atoms with Gasteiger partial charge in [-0.1, -0.05) is 49.7 Å². The van der Waals surface area contributed by atoms with Crippen molar-refractivity contribution in [3.8, 4) is 9.85 Å². The van der Waals surface area contributed by atoms with Crippen molar-refractivity contribution in [3.63, 3.8) is 0 Å². The number of sulfonamides is 1. The molecule has 0 aliphatic heterocycles. The monoisotopic (exact) mass is 631 g/mol. The highest BCUT2D eigenvalue weighted by atomic mass is 127. The van der Waals surface area contributed by atoms with Crippen LogP contribution in [0.3, 0.4) is 0 Å². The molecule has 0 aromatic heterocycles. The van der Waals surface area contributed by atoms with Gasteiger partial charge in [0.15, 0.2) is 14.0 Å². The predicted molar refractivity (Wildman–Crippen MR) is 118 cm³/mol. The summed E-state index contributed by atoms with van der Waals surface area (Å²) in [6, 6.07) is 17.2. The molecule has 2 aromatic carbocycles. The van der Waals surface area contributed by atoms with Crippen LogP contribution in [0.5, 0.6) is 0 Å². The van der Waals surface area contributed by atoms with Crippen molar-refractivity contribution >= 4 is 20.1 Å². The van der Waals surface area contributed by atoms with Crippen LogP contribution in [0, 0.1) is 32.2 Å². The fourth-order valence-corrected chi connectivity index (χ4v) is 5.04. The molecule has 0 amide bonds. The average Bonchev–Trinajstić information content (AvgIpc) is 2.72. The van der Waals surface area contributed by atoms with Crippen molar-refractivity contribution in [3.05, 3.63) is 63.7 Å². The number of aryl methyl sites for hydroxylation is 1. The van der Waals surface area contributed by atoms with Gasteiger partial charge in [0.2, 0.25) is 13.6 Å². The van der Waals surface area contributed by atoms with Crippen LogP contribution in [-0.4, -0.2) is 33.4 Å². The fraction of sp³-hybridized carbons (Fsp3) is 0.364. The van der Waals surface area contributed by atoms with Crippen LogP contribution in [0.15, 0.2) is 59.5 Å². The highest BCUT2D eigenvalue weighted by molar-refractivity contribution is 7.89. The Labute approximate surface area is 209 Å². The van der Waals surface area contributed by atoms with Gasteiger partial charge >= 0.3 is 26.7 Å². The zero-order chi connectivity index (χ0) is 26.0. The van der Waals surface area contributed by atoms with Crippen molar-refractivity contribution in [2.24, 2.45) is 11.8 Å². The minimum Gasteiger partial charge on any atom is -0.741 e. The second-order valence-electron chi connectivity index (χ2n) is 7.38. The highest BCUT2D eigenvalue weighted by Gasteiger charge is 2.36. The Bertz CT molecular complexity index is 1170. The van der Waals surface area contributed by atoms with Gasteiger partial charge < -0.3 is 4.55 Å². The Morgan fingerprint density at radius 3 is 2.00 bits per heavy atom. The quantitative estimate of drug-likeness (QED) is 0.212. The van der Waals surface area contributed by atoms with E-state index in [1.165, 1.54) is 3.57 Å². The molecule has 1 unspecified atom stereocenters. The average molecular weight is 631 g/mol.